The van der Waals surface area contributed by atoms with Gasteiger partial charge in [-0.25, -0.2) is 0 Å². The Labute approximate surface area is 267 Å². The molecule has 3 aromatic carbocycles. The first-order chi connectivity index (χ1) is 21.2. The van der Waals surface area contributed by atoms with Gasteiger partial charge in [-0.05, 0) is 88.9 Å². The molecule has 4 aromatic rings. The average molecular weight is 678 g/mol. The van der Waals surface area contributed by atoms with Gasteiger partial charge in [-0.2, -0.15) is 0 Å². The quantitative estimate of drug-likeness (QED) is 0.235. The van der Waals surface area contributed by atoms with Gasteiger partial charge < -0.3 is 29.6 Å². The minimum atomic E-state index is -0.361. The number of hydrogen-bond acceptors (Lipinski definition) is 6. The van der Waals surface area contributed by atoms with Gasteiger partial charge in [0.15, 0.2) is 0 Å². The number of amides is 2. The van der Waals surface area contributed by atoms with Crippen LogP contribution in [-0.2, 0) is 6.54 Å². The molecule has 2 bridgehead atoms. The molecule has 0 saturated carbocycles. The van der Waals surface area contributed by atoms with E-state index in [0.717, 1.165) is 17.8 Å². The summed E-state index contributed by atoms with van der Waals surface area (Å²) in [6.45, 7) is 2.02. The minimum Gasteiger partial charge on any atom is -0.497 e. The molecule has 1 fully saturated rings. The highest BCUT2D eigenvalue weighted by atomic mass is 79.9. The summed E-state index contributed by atoms with van der Waals surface area (Å²) < 4.78 is 13.0. The lowest BCUT2D eigenvalue weighted by atomic mass is 9.83. The van der Waals surface area contributed by atoms with E-state index in [9.17, 15) is 14.4 Å². The average Bonchev–Trinajstić information content (AvgIpc) is 3.01. The van der Waals surface area contributed by atoms with E-state index >= 15 is 0 Å². The number of carbonyl (C=O) groups excluding carboxylic acids is 2. The normalized spacial score (nSPS) is 17.0. The second-order valence-electron chi connectivity index (χ2n) is 10.9. The van der Waals surface area contributed by atoms with Crippen LogP contribution in [0.15, 0.2) is 82.1 Å². The topological polar surface area (TPSA) is 102 Å². The first-order valence-corrected chi connectivity index (χ1v) is 15.3. The number of aromatic nitrogens is 1. The molecule has 2 N–H and O–H groups in total. The van der Waals surface area contributed by atoms with Crippen LogP contribution in [0.5, 0.6) is 11.5 Å². The summed E-state index contributed by atoms with van der Waals surface area (Å²) in [5.41, 5.74) is 3.60. The largest absolute Gasteiger partial charge is 0.497 e. The molecule has 1 aromatic heterocycles. The number of nitrogens with one attached hydrogen (secondary N) is 2. The molecule has 2 unspecified atom stereocenters. The summed E-state index contributed by atoms with van der Waals surface area (Å²) in [4.78, 5) is 41.8. The first kappa shape index (κ1) is 29.8. The molecule has 226 valence electrons. The maximum absolute atomic E-state index is 13.6. The Bertz CT molecular complexity index is 1830. The number of nitrogens with zero attached hydrogens (tertiary/aromatic N) is 2. The van der Waals surface area contributed by atoms with Crippen LogP contribution in [0, 0.1) is 5.92 Å². The SMILES string of the molecule is COc1ccc(Br)c(C(=O)Nc2cc(C(=O)Nc3ccc(OC)c(Cl)c3)ccc2N2CC3CC(C2)c2cccc(=O)n2C3)c1. The van der Waals surface area contributed by atoms with E-state index in [-0.39, 0.29) is 29.2 Å². The molecule has 6 rings (SSSR count). The zero-order chi connectivity index (χ0) is 31.0. The third kappa shape index (κ3) is 5.92. The zero-order valence-corrected chi connectivity index (χ0v) is 26.4. The number of hydrogen-bond donors (Lipinski definition) is 2. The fourth-order valence-electron chi connectivity index (χ4n) is 6.09. The monoisotopic (exact) mass is 676 g/mol. The van der Waals surface area contributed by atoms with Crippen LogP contribution in [0.3, 0.4) is 0 Å². The summed E-state index contributed by atoms with van der Waals surface area (Å²) in [6.07, 6.45) is 0.989. The molecular weight excluding hydrogens is 648 g/mol. The molecule has 2 amide bonds. The summed E-state index contributed by atoms with van der Waals surface area (Å²) in [5, 5.41) is 6.30. The van der Waals surface area contributed by atoms with Crippen molar-refractivity contribution in [3.05, 3.63) is 109 Å². The smallest absolute Gasteiger partial charge is 0.257 e. The Balaban J connectivity index is 1.34. The lowest BCUT2D eigenvalue weighted by Crippen LogP contribution is -2.47. The van der Waals surface area contributed by atoms with Crippen LogP contribution < -0.4 is 30.6 Å². The second kappa shape index (κ2) is 12.4. The number of fused-ring (bicyclic) bond motifs is 4. The number of carbonyl (C=O) groups is 2. The van der Waals surface area contributed by atoms with Gasteiger partial charge in [-0.3, -0.25) is 14.4 Å². The second-order valence-corrected chi connectivity index (χ2v) is 12.2. The lowest BCUT2D eigenvalue weighted by Gasteiger charge is -2.44. The molecule has 1 saturated heterocycles. The van der Waals surface area contributed by atoms with Crippen LogP contribution in [0.25, 0.3) is 0 Å². The number of methoxy groups -OCH3 is 2. The summed E-state index contributed by atoms with van der Waals surface area (Å²) in [6, 6.07) is 20.9. The number of benzene rings is 3. The van der Waals surface area contributed by atoms with Crippen LogP contribution in [0.4, 0.5) is 17.1 Å². The fourth-order valence-corrected chi connectivity index (χ4v) is 6.77. The van der Waals surface area contributed by atoms with Crippen LogP contribution in [-0.4, -0.2) is 43.7 Å². The van der Waals surface area contributed by atoms with Crippen molar-refractivity contribution in [1.29, 1.82) is 0 Å². The van der Waals surface area contributed by atoms with Gasteiger partial charge in [-0.1, -0.05) is 17.7 Å². The number of halogens is 2. The van der Waals surface area contributed by atoms with E-state index in [1.807, 2.05) is 22.8 Å². The van der Waals surface area contributed by atoms with Crippen LogP contribution in [0.1, 0.15) is 38.7 Å². The molecule has 11 heteroatoms. The minimum absolute atomic E-state index is 0.0241. The van der Waals surface area contributed by atoms with Gasteiger partial charge in [0.25, 0.3) is 17.4 Å². The van der Waals surface area contributed by atoms with E-state index in [1.165, 1.54) is 7.11 Å². The van der Waals surface area contributed by atoms with Crippen molar-refractivity contribution in [2.75, 3.05) is 42.8 Å². The Kier molecular flexibility index (Phi) is 8.38. The number of anilines is 3. The van der Waals surface area contributed by atoms with Crippen molar-refractivity contribution < 1.29 is 19.1 Å². The molecule has 0 aliphatic carbocycles. The van der Waals surface area contributed by atoms with Crippen molar-refractivity contribution in [1.82, 2.24) is 4.57 Å². The van der Waals surface area contributed by atoms with E-state index in [2.05, 4.69) is 31.5 Å². The maximum Gasteiger partial charge on any atom is 0.257 e. The van der Waals surface area contributed by atoms with Crippen molar-refractivity contribution >= 4 is 56.4 Å². The predicted molar refractivity (Wildman–Crippen MR) is 175 cm³/mol. The first-order valence-electron chi connectivity index (χ1n) is 14.1. The van der Waals surface area contributed by atoms with E-state index in [4.69, 9.17) is 21.1 Å². The Hall–Kier alpha value is -4.28. The molecular formula is C33H30BrClN4O5. The standard InChI is InChI=1S/C33H30BrClN4O5/c1-43-23-8-9-25(34)24(15-23)33(42)37-27-13-20(32(41)36-22-7-11-30(44-2)26(35)14-22)6-10-29(27)38-16-19-12-21(18-38)28-4-3-5-31(40)39(28)17-19/h3-11,13-15,19,21H,12,16-18H2,1-2H3,(H,36,41)(H,37,42). The Morgan fingerprint density at radius 3 is 2.52 bits per heavy atom. The Morgan fingerprint density at radius 1 is 0.909 bits per heavy atom. The van der Waals surface area contributed by atoms with Gasteiger partial charge in [0, 0.05) is 53.0 Å². The van der Waals surface area contributed by atoms with Gasteiger partial charge in [-0.15, -0.1) is 0 Å². The molecule has 0 spiro atoms. The zero-order valence-electron chi connectivity index (χ0n) is 24.1. The lowest BCUT2D eigenvalue weighted by molar-refractivity contribution is 0.101. The van der Waals surface area contributed by atoms with Crippen molar-refractivity contribution in [3.8, 4) is 11.5 Å². The Morgan fingerprint density at radius 2 is 1.75 bits per heavy atom. The summed E-state index contributed by atoms with van der Waals surface area (Å²) in [5.74, 6) is 0.755. The van der Waals surface area contributed by atoms with Gasteiger partial charge in [0.2, 0.25) is 0 Å². The predicted octanol–water partition coefficient (Wildman–Crippen LogP) is 6.41. The third-order valence-corrected chi connectivity index (χ3v) is 9.14. The molecule has 2 aliphatic heterocycles. The molecule has 0 radical (unpaired) electrons. The molecule has 2 aliphatic rings. The van der Waals surface area contributed by atoms with E-state index in [0.29, 0.717) is 63.1 Å². The van der Waals surface area contributed by atoms with Gasteiger partial charge in [0.1, 0.15) is 11.5 Å². The third-order valence-electron chi connectivity index (χ3n) is 8.16. The van der Waals surface area contributed by atoms with Crippen molar-refractivity contribution in [3.63, 3.8) is 0 Å². The number of pyridine rings is 1. The highest BCUT2D eigenvalue weighted by Crippen LogP contribution is 2.40. The van der Waals surface area contributed by atoms with E-state index < -0.39 is 0 Å². The molecule has 2 atom stereocenters. The van der Waals surface area contributed by atoms with Crippen molar-refractivity contribution in [2.45, 2.75) is 18.9 Å². The number of rotatable bonds is 7. The molecule has 44 heavy (non-hydrogen) atoms. The maximum atomic E-state index is 13.6. The van der Waals surface area contributed by atoms with Crippen molar-refractivity contribution in [2.24, 2.45) is 5.92 Å². The summed E-state index contributed by atoms with van der Waals surface area (Å²) in [7, 11) is 3.07. The summed E-state index contributed by atoms with van der Waals surface area (Å²) >= 11 is 9.74. The van der Waals surface area contributed by atoms with E-state index in [1.54, 1.807) is 61.7 Å². The number of ether oxygens (including phenoxy) is 2. The number of piperidine rings is 1. The molecule has 9 nitrogen and oxygen atoms in total. The van der Waals surface area contributed by atoms with Crippen LogP contribution >= 0.6 is 27.5 Å². The van der Waals surface area contributed by atoms with Gasteiger partial charge in [0.05, 0.1) is 36.2 Å². The highest BCUT2D eigenvalue weighted by Gasteiger charge is 2.35. The highest BCUT2D eigenvalue weighted by molar-refractivity contribution is 9.10. The molecule has 3 heterocycles. The van der Waals surface area contributed by atoms with Gasteiger partial charge >= 0.3 is 0 Å². The fraction of sp³-hybridized carbons (Fsp3) is 0.242. The van der Waals surface area contributed by atoms with Crippen LogP contribution in [0.2, 0.25) is 5.02 Å².